The Morgan fingerprint density at radius 1 is 1.26 bits per heavy atom. The number of fused-ring (bicyclic) bond motifs is 1. The molecule has 0 aromatic heterocycles. The molecule has 2 fully saturated rings. The number of para-hydroxylation sites is 1. The molecule has 3 rings (SSSR count). The third kappa shape index (κ3) is 2.49. The van der Waals surface area contributed by atoms with Crippen molar-refractivity contribution in [2.75, 3.05) is 18.1 Å². The Kier molecular flexibility index (Phi) is 3.76. The molecule has 1 saturated heterocycles. The molecule has 1 aliphatic heterocycles. The van der Waals surface area contributed by atoms with Crippen LogP contribution in [-0.2, 0) is 4.74 Å². The van der Waals surface area contributed by atoms with Gasteiger partial charge in [-0.05, 0) is 25.8 Å². The van der Waals surface area contributed by atoms with Crippen LogP contribution in [0.2, 0.25) is 0 Å². The average molecular weight is 261 g/mol. The Morgan fingerprint density at radius 2 is 2.05 bits per heavy atom. The van der Waals surface area contributed by atoms with Gasteiger partial charge in [0.2, 0.25) is 0 Å². The van der Waals surface area contributed by atoms with E-state index < -0.39 is 6.10 Å². The van der Waals surface area contributed by atoms with E-state index in [9.17, 15) is 5.11 Å². The molecule has 3 atom stereocenters. The van der Waals surface area contributed by atoms with E-state index in [1.807, 2.05) is 19.1 Å². The highest BCUT2D eigenvalue weighted by molar-refractivity contribution is 5.56. The highest BCUT2D eigenvalue weighted by Gasteiger charge is 2.35. The predicted octanol–water partition coefficient (Wildman–Crippen LogP) is 2.89. The molecule has 3 heteroatoms. The summed E-state index contributed by atoms with van der Waals surface area (Å²) < 4.78 is 5.93. The van der Waals surface area contributed by atoms with Gasteiger partial charge in [0.05, 0.1) is 24.9 Å². The quantitative estimate of drug-likeness (QED) is 0.888. The number of rotatable bonds is 2. The number of anilines is 1. The van der Waals surface area contributed by atoms with Crippen LogP contribution in [0.1, 0.15) is 44.3 Å². The number of hydrogen-bond acceptors (Lipinski definition) is 3. The van der Waals surface area contributed by atoms with Gasteiger partial charge in [0.15, 0.2) is 0 Å². The monoisotopic (exact) mass is 261 g/mol. The zero-order valence-corrected chi connectivity index (χ0v) is 11.6. The second-order valence-corrected chi connectivity index (χ2v) is 5.69. The van der Waals surface area contributed by atoms with E-state index in [1.165, 1.54) is 31.4 Å². The number of nitrogens with zero attached hydrogens (tertiary/aromatic N) is 1. The van der Waals surface area contributed by atoms with Gasteiger partial charge in [-0.1, -0.05) is 31.0 Å². The Balaban J connectivity index is 1.91. The topological polar surface area (TPSA) is 32.7 Å². The molecular formula is C16H23NO2. The van der Waals surface area contributed by atoms with Gasteiger partial charge in [-0.15, -0.1) is 0 Å². The Morgan fingerprint density at radius 3 is 2.89 bits per heavy atom. The van der Waals surface area contributed by atoms with E-state index in [1.54, 1.807) is 0 Å². The minimum absolute atomic E-state index is 0.379. The standard InChI is InChI=1S/C16H23NO2/c1-12(18)13-6-2-3-7-14(13)17-10-11-19-16-9-5-4-8-15(16)17/h2-3,6-7,12,15-16,18H,4-5,8-11H2,1H3/t12-,15?,16?/m1/s1. The minimum atomic E-state index is -0.416. The maximum atomic E-state index is 9.97. The van der Waals surface area contributed by atoms with Gasteiger partial charge >= 0.3 is 0 Å². The predicted molar refractivity (Wildman–Crippen MR) is 76.4 cm³/mol. The van der Waals surface area contributed by atoms with Gasteiger partial charge in [0, 0.05) is 17.8 Å². The molecule has 2 unspecified atom stereocenters. The average Bonchev–Trinajstić information content (AvgIpc) is 2.46. The van der Waals surface area contributed by atoms with Crippen LogP contribution in [0.25, 0.3) is 0 Å². The lowest BCUT2D eigenvalue weighted by atomic mass is 9.89. The molecule has 1 aromatic carbocycles. The summed E-state index contributed by atoms with van der Waals surface area (Å²) in [6, 6.07) is 8.73. The lowest BCUT2D eigenvalue weighted by molar-refractivity contribution is -0.00887. The molecule has 1 N–H and O–H groups in total. The lowest BCUT2D eigenvalue weighted by Crippen LogP contribution is -2.53. The molecule has 0 amide bonds. The fourth-order valence-electron chi connectivity index (χ4n) is 3.50. The van der Waals surface area contributed by atoms with Crippen molar-refractivity contribution >= 4 is 5.69 Å². The Hall–Kier alpha value is -1.06. The fraction of sp³-hybridized carbons (Fsp3) is 0.625. The number of benzene rings is 1. The molecule has 0 bridgehead atoms. The van der Waals surface area contributed by atoms with E-state index >= 15 is 0 Å². The second-order valence-electron chi connectivity index (χ2n) is 5.69. The van der Waals surface area contributed by atoms with Crippen LogP contribution in [-0.4, -0.2) is 30.4 Å². The first-order chi connectivity index (χ1) is 9.27. The zero-order chi connectivity index (χ0) is 13.2. The van der Waals surface area contributed by atoms with Crippen LogP contribution < -0.4 is 4.90 Å². The van der Waals surface area contributed by atoms with E-state index in [0.717, 1.165) is 18.7 Å². The molecule has 2 aliphatic rings. The van der Waals surface area contributed by atoms with Crippen molar-refractivity contribution in [1.29, 1.82) is 0 Å². The third-order valence-electron chi connectivity index (χ3n) is 4.43. The Labute approximate surface area is 115 Å². The number of aliphatic hydroxyl groups excluding tert-OH is 1. The maximum Gasteiger partial charge on any atom is 0.0781 e. The van der Waals surface area contributed by atoms with Gasteiger partial charge in [-0.25, -0.2) is 0 Å². The lowest BCUT2D eigenvalue weighted by Gasteiger charge is -2.45. The molecular weight excluding hydrogens is 238 g/mol. The van der Waals surface area contributed by atoms with Crippen molar-refractivity contribution in [3.8, 4) is 0 Å². The number of ether oxygens (including phenoxy) is 1. The van der Waals surface area contributed by atoms with Gasteiger partial charge in [0.1, 0.15) is 0 Å². The number of hydrogen-bond donors (Lipinski definition) is 1. The summed E-state index contributed by atoms with van der Waals surface area (Å²) in [6.45, 7) is 3.58. The molecule has 1 saturated carbocycles. The van der Waals surface area contributed by atoms with Crippen molar-refractivity contribution in [2.24, 2.45) is 0 Å². The molecule has 3 nitrogen and oxygen atoms in total. The highest BCUT2D eigenvalue weighted by Crippen LogP contribution is 2.35. The minimum Gasteiger partial charge on any atom is -0.389 e. The molecule has 104 valence electrons. The smallest absolute Gasteiger partial charge is 0.0781 e. The van der Waals surface area contributed by atoms with Crippen LogP contribution in [0.15, 0.2) is 24.3 Å². The summed E-state index contributed by atoms with van der Waals surface area (Å²) in [5.41, 5.74) is 2.23. The molecule has 1 aromatic rings. The summed E-state index contributed by atoms with van der Waals surface area (Å²) in [6.07, 6.45) is 4.92. The largest absolute Gasteiger partial charge is 0.389 e. The second kappa shape index (κ2) is 5.51. The van der Waals surface area contributed by atoms with Gasteiger partial charge in [0.25, 0.3) is 0 Å². The van der Waals surface area contributed by atoms with Crippen LogP contribution in [0.4, 0.5) is 5.69 Å². The van der Waals surface area contributed by atoms with E-state index in [-0.39, 0.29) is 0 Å². The summed E-state index contributed by atoms with van der Waals surface area (Å²) in [5, 5.41) is 9.97. The van der Waals surface area contributed by atoms with E-state index in [2.05, 4.69) is 17.0 Å². The van der Waals surface area contributed by atoms with Crippen molar-refractivity contribution < 1.29 is 9.84 Å². The molecule has 1 aliphatic carbocycles. The first kappa shape index (κ1) is 12.9. The van der Waals surface area contributed by atoms with Crippen molar-refractivity contribution in [1.82, 2.24) is 0 Å². The zero-order valence-electron chi connectivity index (χ0n) is 11.6. The first-order valence-electron chi connectivity index (χ1n) is 7.42. The maximum absolute atomic E-state index is 9.97. The van der Waals surface area contributed by atoms with Crippen LogP contribution in [0, 0.1) is 0 Å². The van der Waals surface area contributed by atoms with E-state index in [0.29, 0.717) is 12.1 Å². The third-order valence-corrected chi connectivity index (χ3v) is 4.43. The van der Waals surface area contributed by atoms with Crippen LogP contribution in [0.3, 0.4) is 0 Å². The molecule has 1 heterocycles. The Bertz CT molecular complexity index is 431. The first-order valence-corrected chi connectivity index (χ1v) is 7.42. The SMILES string of the molecule is C[C@@H](O)c1ccccc1N1CCOC2CCCCC21. The summed E-state index contributed by atoms with van der Waals surface area (Å²) in [4.78, 5) is 2.47. The molecule has 0 spiro atoms. The fourth-order valence-corrected chi connectivity index (χ4v) is 3.50. The van der Waals surface area contributed by atoms with Crippen LogP contribution in [0.5, 0.6) is 0 Å². The van der Waals surface area contributed by atoms with Crippen LogP contribution >= 0.6 is 0 Å². The molecule has 19 heavy (non-hydrogen) atoms. The number of aliphatic hydroxyl groups is 1. The normalized spacial score (nSPS) is 28.8. The van der Waals surface area contributed by atoms with Gasteiger partial charge < -0.3 is 14.7 Å². The van der Waals surface area contributed by atoms with Crippen molar-refractivity contribution in [2.45, 2.75) is 50.9 Å². The summed E-state index contributed by atoms with van der Waals surface area (Å²) in [5.74, 6) is 0. The van der Waals surface area contributed by atoms with Crippen molar-refractivity contribution in [3.05, 3.63) is 29.8 Å². The number of morpholine rings is 1. The van der Waals surface area contributed by atoms with Gasteiger partial charge in [-0.3, -0.25) is 0 Å². The van der Waals surface area contributed by atoms with E-state index in [4.69, 9.17) is 4.74 Å². The summed E-state index contributed by atoms with van der Waals surface area (Å²) in [7, 11) is 0. The van der Waals surface area contributed by atoms with Gasteiger partial charge in [-0.2, -0.15) is 0 Å². The summed E-state index contributed by atoms with van der Waals surface area (Å²) >= 11 is 0. The van der Waals surface area contributed by atoms with Crippen molar-refractivity contribution in [3.63, 3.8) is 0 Å². The highest BCUT2D eigenvalue weighted by atomic mass is 16.5. The molecule has 0 radical (unpaired) electrons.